The van der Waals surface area contributed by atoms with Crippen molar-refractivity contribution in [2.45, 2.75) is 76.5 Å². The summed E-state index contributed by atoms with van der Waals surface area (Å²) in [6.45, 7) is 4.47. The van der Waals surface area contributed by atoms with E-state index in [4.69, 9.17) is 0 Å². The van der Waals surface area contributed by atoms with Crippen LogP contribution < -0.4 is 0 Å². The number of hydrogen-bond acceptors (Lipinski definition) is 3. The Hall–Kier alpha value is -1.35. The van der Waals surface area contributed by atoms with E-state index in [1.807, 2.05) is 12.4 Å². The Balaban J connectivity index is 1.95. The Labute approximate surface area is 152 Å². The minimum Gasteiger partial charge on any atom is -0.236 e. The van der Waals surface area contributed by atoms with Crippen molar-refractivity contribution in [3.05, 3.63) is 41.7 Å². The van der Waals surface area contributed by atoms with Crippen molar-refractivity contribution in [2.75, 3.05) is 0 Å². The first-order valence-corrected chi connectivity index (χ1v) is 9.82. The van der Waals surface area contributed by atoms with Crippen LogP contribution in [0.25, 0.3) is 11.4 Å². The summed E-state index contributed by atoms with van der Waals surface area (Å²) in [5.41, 5.74) is 3.60. The predicted octanol–water partition coefficient (Wildman–Crippen LogP) is 6.29. The molecule has 0 saturated heterocycles. The lowest BCUT2D eigenvalue weighted by atomic mass is 10.1. The van der Waals surface area contributed by atoms with Gasteiger partial charge in [0.1, 0.15) is 0 Å². The highest BCUT2D eigenvalue weighted by molar-refractivity contribution is 7.80. The molecule has 1 aromatic carbocycles. The van der Waals surface area contributed by atoms with Gasteiger partial charge in [-0.1, -0.05) is 52.0 Å². The van der Waals surface area contributed by atoms with E-state index in [9.17, 15) is 0 Å². The molecule has 0 saturated carbocycles. The van der Waals surface area contributed by atoms with Crippen molar-refractivity contribution in [1.29, 1.82) is 0 Å². The van der Waals surface area contributed by atoms with Gasteiger partial charge in [-0.05, 0) is 48.9 Å². The van der Waals surface area contributed by atoms with Crippen LogP contribution in [0.4, 0.5) is 0 Å². The first-order valence-electron chi connectivity index (χ1n) is 9.37. The third-order valence-corrected chi connectivity index (χ3v) is 4.77. The average Bonchev–Trinajstić information content (AvgIpc) is 2.60. The van der Waals surface area contributed by atoms with Gasteiger partial charge in [-0.15, -0.1) is 12.6 Å². The molecule has 0 unspecified atom stereocenters. The second kappa shape index (κ2) is 10.5. The van der Waals surface area contributed by atoms with Crippen LogP contribution in [0.2, 0.25) is 0 Å². The molecule has 2 rings (SSSR count). The number of aromatic nitrogens is 2. The molecule has 0 radical (unpaired) electrons. The molecule has 130 valence electrons. The van der Waals surface area contributed by atoms with E-state index in [1.54, 1.807) is 0 Å². The molecule has 0 spiro atoms. The lowest BCUT2D eigenvalue weighted by molar-refractivity contribution is 0.631. The number of hydrogen-bond donors (Lipinski definition) is 1. The van der Waals surface area contributed by atoms with Crippen molar-refractivity contribution in [3.8, 4) is 11.4 Å². The summed E-state index contributed by atoms with van der Waals surface area (Å²) in [6.07, 6.45) is 15.1. The van der Waals surface area contributed by atoms with E-state index in [2.05, 4.69) is 54.6 Å². The third-order valence-electron chi connectivity index (χ3n) is 4.40. The minimum atomic E-state index is 0.775. The maximum absolute atomic E-state index is 4.64. The van der Waals surface area contributed by atoms with Gasteiger partial charge in [0.2, 0.25) is 0 Å². The molecule has 0 fully saturated rings. The molecule has 24 heavy (non-hydrogen) atoms. The third kappa shape index (κ3) is 5.94. The lowest BCUT2D eigenvalue weighted by Gasteiger charge is -2.08. The van der Waals surface area contributed by atoms with E-state index in [-0.39, 0.29) is 0 Å². The van der Waals surface area contributed by atoms with Crippen molar-refractivity contribution >= 4 is 12.6 Å². The van der Waals surface area contributed by atoms with Gasteiger partial charge in [0.15, 0.2) is 5.82 Å². The Morgan fingerprint density at radius 3 is 2.12 bits per heavy atom. The largest absolute Gasteiger partial charge is 0.236 e. The van der Waals surface area contributed by atoms with E-state index < -0.39 is 0 Å². The summed E-state index contributed by atoms with van der Waals surface area (Å²) in [6, 6.07) is 6.43. The first kappa shape index (κ1) is 19.0. The number of nitrogens with zero attached hydrogens (tertiary/aromatic N) is 2. The summed E-state index contributed by atoms with van der Waals surface area (Å²) in [5.74, 6) is 0.775. The quantitative estimate of drug-likeness (QED) is 0.405. The van der Waals surface area contributed by atoms with Gasteiger partial charge >= 0.3 is 0 Å². The highest BCUT2D eigenvalue weighted by atomic mass is 32.1. The molecule has 0 atom stereocenters. The lowest BCUT2D eigenvalue weighted by Crippen LogP contribution is -1.95. The Morgan fingerprint density at radius 1 is 0.792 bits per heavy atom. The molecular weight excluding hydrogens is 312 g/mol. The van der Waals surface area contributed by atoms with Gasteiger partial charge in [0.05, 0.1) is 0 Å². The van der Waals surface area contributed by atoms with E-state index in [0.29, 0.717) is 0 Å². The Morgan fingerprint density at radius 2 is 1.46 bits per heavy atom. The zero-order valence-corrected chi connectivity index (χ0v) is 16.0. The van der Waals surface area contributed by atoms with Crippen molar-refractivity contribution < 1.29 is 0 Å². The Bertz CT molecular complexity index is 608. The van der Waals surface area contributed by atoms with Gasteiger partial charge < -0.3 is 0 Å². The second-order valence-electron chi connectivity index (χ2n) is 6.53. The Kier molecular flexibility index (Phi) is 8.31. The zero-order chi connectivity index (χ0) is 17.2. The van der Waals surface area contributed by atoms with Crippen LogP contribution in [0.3, 0.4) is 0 Å². The topological polar surface area (TPSA) is 25.8 Å². The van der Waals surface area contributed by atoms with Crippen LogP contribution in [0.5, 0.6) is 0 Å². The number of rotatable bonds is 10. The van der Waals surface area contributed by atoms with Crippen molar-refractivity contribution in [3.63, 3.8) is 0 Å². The van der Waals surface area contributed by atoms with Crippen LogP contribution in [-0.2, 0) is 12.8 Å². The fourth-order valence-corrected chi connectivity index (χ4v) is 3.20. The molecule has 0 N–H and O–H groups in total. The van der Waals surface area contributed by atoms with Crippen molar-refractivity contribution in [2.24, 2.45) is 0 Å². The average molecular weight is 343 g/mol. The monoisotopic (exact) mass is 342 g/mol. The van der Waals surface area contributed by atoms with Gasteiger partial charge in [0.25, 0.3) is 0 Å². The summed E-state index contributed by atoms with van der Waals surface area (Å²) in [5, 5.41) is 0. The van der Waals surface area contributed by atoms with Gasteiger partial charge in [-0.2, -0.15) is 0 Å². The molecular formula is C21H30N2S. The predicted molar refractivity (Wildman–Crippen MR) is 106 cm³/mol. The molecule has 0 aliphatic heterocycles. The van der Waals surface area contributed by atoms with Gasteiger partial charge in [-0.25, -0.2) is 9.97 Å². The number of aryl methyl sites for hydroxylation is 2. The fourth-order valence-electron chi connectivity index (χ4n) is 2.86. The van der Waals surface area contributed by atoms with Crippen LogP contribution in [0.15, 0.2) is 35.5 Å². The van der Waals surface area contributed by atoms with Crippen LogP contribution in [0, 0.1) is 0 Å². The summed E-state index contributed by atoms with van der Waals surface area (Å²) < 4.78 is 0. The maximum Gasteiger partial charge on any atom is 0.160 e. The smallest absolute Gasteiger partial charge is 0.160 e. The molecule has 1 aromatic heterocycles. The van der Waals surface area contributed by atoms with Crippen LogP contribution >= 0.6 is 12.6 Å². The number of unbranched alkanes of at least 4 members (excludes halogenated alkanes) is 5. The number of benzene rings is 1. The van der Waals surface area contributed by atoms with E-state index >= 15 is 0 Å². The molecule has 0 amide bonds. The molecule has 3 heteroatoms. The molecule has 0 aliphatic carbocycles. The summed E-state index contributed by atoms with van der Waals surface area (Å²) in [4.78, 5) is 10.1. The second-order valence-corrected chi connectivity index (χ2v) is 7.02. The SMILES string of the molecule is CCCCCCCc1cnc(-c2ccc(CCCC)cc2S)nc1. The first-order chi connectivity index (χ1) is 11.7. The zero-order valence-electron chi connectivity index (χ0n) is 15.1. The highest BCUT2D eigenvalue weighted by Gasteiger charge is 2.07. The molecule has 0 aliphatic rings. The summed E-state index contributed by atoms with van der Waals surface area (Å²) in [7, 11) is 0. The van der Waals surface area contributed by atoms with Gasteiger partial charge in [0, 0.05) is 22.9 Å². The van der Waals surface area contributed by atoms with Crippen molar-refractivity contribution in [1.82, 2.24) is 9.97 Å². The normalized spacial score (nSPS) is 11.0. The molecule has 0 bridgehead atoms. The number of thiol groups is 1. The molecule has 2 aromatic rings. The highest BCUT2D eigenvalue weighted by Crippen LogP contribution is 2.25. The maximum atomic E-state index is 4.64. The standard InChI is InChI=1S/C21H30N2S/c1-3-5-7-8-9-11-18-15-22-21(23-16-18)19-13-12-17(10-6-4-2)14-20(19)24/h12-16,24H,3-11H2,1-2H3. The van der Waals surface area contributed by atoms with E-state index in [0.717, 1.165) is 29.1 Å². The minimum absolute atomic E-state index is 0.775. The molecule has 1 heterocycles. The fraction of sp³-hybridized carbons (Fsp3) is 0.524. The summed E-state index contributed by atoms with van der Waals surface area (Å²) >= 11 is 4.64. The van der Waals surface area contributed by atoms with Gasteiger partial charge in [-0.3, -0.25) is 0 Å². The van der Waals surface area contributed by atoms with Crippen LogP contribution in [-0.4, -0.2) is 9.97 Å². The van der Waals surface area contributed by atoms with E-state index in [1.165, 1.54) is 56.1 Å². The molecule has 2 nitrogen and oxygen atoms in total. The van der Waals surface area contributed by atoms with Crippen LogP contribution in [0.1, 0.15) is 69.9 Å².